The van der Waals surface area contributed by atoms with E-state index in [2.05, 4.69) is 29.4 Å². The summed E-state index contributed by atoms with van der Waals surface area (Å²) in [7, 11) is 0. The minimum atomic E-state index is -0.243. The van der Waals surface area contributed by atoms with Crippen LogP contribution in [0, 0.1) is 5.82 Å². The van der Waals surface area contributed by atoms with Crippen molar-refractivity contribution in [1.82, 2.24) is 10.3 Å². The molecule has 1 unspecified atom stereocenters. The smallest absolute Gasteiger partial charge is 0.146 e. The van der Waals surface area contributed by atoms with Crippen LogP contribution in [0.4, 0.5) is 4.39 Å². The fraction of sp³-hybridized carbons (Fsp3) is 0.312. The maximum atomic E-state index is 13.9. The normalized spacial score (nSPS) is 12.3. The lowest BCUT2D eigenvalue weighted by Crippen LogP contribution is -2.25. The van der Waals surface area contributed by atoms with E-state index in [0.29, 0.717) is 5.56 Å². The lowest BCUT2D eigenvalue weighted by atomic mass is 9.99. The number of pyridine rings is 1. The molecule has 0 aliphatic rings. The highest BCUT2D eigenvalue weighted by Gasteiger charge is 2.15. The standard InChI is InChI=1S/C16H19FN2/c1-2-9-19-16(11-13-6-4-3-5-7-13)14-8-10-18-12-15(14)17/h3-8,10,12,16,19H,2,9,11H2,1H3. The third-order valence-corrected chi connectivity index (χ3v) is 3.10. The highest BCUT2D eigenvalue weighted by Crippen LogP contribution is 2.20. The van der Waals surface area contributed by atoms with Gasteiger partial charge >= 0.3 is 0 Å². The zero-order valence-corrected chi connectivity index (χ0v) is 11.1. The van der Waals surface area contributed by atoms with Gasteiger partial charge in [-0.15, -0.1) is 0 Å². The molecule has 0 aliphatic carbocycles. The Bertz CT molecular complexity index is 499. The van der Waals surface area contributed by atoms with E-state index in [-0.39, 0.29) is 11.9 Å². The largest absolute Gasteiger partial charge is 0.310 e. The summed E-state index contributed by atoms with van der Waals surface area (Å²) in [5.41, 5.74) is 1.89. The highest BCUT2D eigenvalue weighted by atomic mass is 19.1. The number of hydrogen-bond donors (Lipinski definition) is 1. The van der Waals surface area contributed by atoms with Crippen LogP contribution in [-0.2, 0) is 6.42 Å². The van der Waals surface area contributed by atoms with Crippen LogP contribution in [0.5, 0.6) is 0 Å². The summed E-state index contributed by atoms with van der Waals surface area (Å²) in [6.07, 6.45) is 4.73. The summed E-state index contributed by atoms with van der Waals surface area (Å²) in [5.74, 6) is -0.243. The molecule has 100 valence electrons. The molecule has 1 aromatic carbocycles. The summed E-state index contributed by atoms with van der Waals surface area (Å²) in [6, 6.07) is 11.9. The summed E-state index contributed by atoms with van der Waals surface area (Å²) in [6.45, 7) is 2.98. The molecular formula is C16H19FN2. The number of hydrogen-bond acceptors (Lipinski definition) is 2. The minimum Gasteiger partial charge on any atom is -0.310 e. The topological polar surface area (TPSA) is 24.9 Å². The highest BCUT2D eigenvalue weighted by molar-refractivity contribution is 5.23. The number of halogens is 1. The van der Waals surface area contributed by atoms with Gasteiger partial charge < -0.3 is 5.32 Å². The van der Waals surface area contributed by atoms with E-state index >= 15 is 0 Å². The first kappa shape index (κ1) is 13.7. The van der Waals surface area contributed by atoms with Crippen LogP contribution in [-0.4, -0.2) is 11.5 Å². The van der Waals surface area contributed by atoms with E-state index in [9.17, 15) is 4.39 Å². The van der Waals surface area contributed by atoms with E-state index in [1.54, 1.807) is 12.3 Å². The van der Waals surface area contributed by atoms with E-state index in [0.717, 1.165) is 19.4 Å². The zero-order chi connectivity index (χ0) is 13.5. The Labute approximate surface area is 113 Å². The van der Waals surface area contributed by atoms with Gasteiger partial charge in [-0.25, -0.2) is 4.39 Å². The molecule has 0 saturated carbocycles. The molecule has 1 N–H and O–H groups in total. The summed E-state index contributed by atoms with van der Waals surface area (Å²) < 4.78 is 13.9. The molecule has 0 amide bonds. The van der Waals surface area contributed by atoms with Gasteiger partial charge in [0.1, 0.15) is 5.82 Å². The fourth-order valence-electron chi connectivity index (χ4n) is 2.13. The molecule has 2 nitrogen and oxygen atoms in total. The molecule has 0 aliphatic heterocycles. The summed E-state index contributed by atoms with van der Waals surface area (Å²) in [5, 5.41) is 3.41. The number of aromatic nitrogens is 1. The molecule has 0 spiro atoms. The molecule has 3 heteroatoms. The SMILES string of the molecule is CCCNC(Cc1ccccc1)c1ccncc1F. The van der Waals surface area contributed by atoms with Crippen molar-refractivity contribution in [1.29, 1.82) is 0 Å². The van der Waals surface area contributed by atoms with E-state index in [1.807, 2.05) is 18.2 Å². The minimum absolute atomic E-state index is 0.00894. The Kier molecular flexibility index (Phi) is 5.04. The lowest BCUT2D eigenvalue weighted by molar-refractivity contribution is 0.495. The van der Waals surface area contributed by atoms with Crippen molar-refractivity contribution in [3.8, 4) is 0 Å². The van der Waals surface area contributed by atoms with Crippen LogP contribution in [0.1, 0.15) is 30.5 Å². The van der Waals surface area contributed by atoms with E-state index in [1.165, 1.54) is 11.8 Å². The fourth-order valence-corrected chi connectivity index (χ4v) is 2.13. The quantitative estimate of drug-likeness (QED) is 0.857. The summed E-state index contributed by atoms with van der Waals surface area (Å²) >= 11 is 0. The van der Waals surface area contributed by atoms with Crippen LogP contribution >= 0.6 is 0 Å². The van der Waals surface area contributed by atoms with Gasteiger partial charge in [-0.2, -0.15) is 0 Å². The maximum Gasteiger partial charge on any atom is 0.146 e. The van der Waals surface area contributed by atoms with Crippen molar-refractivity contribution in [2.75, 3.05) is 6.54 Å². The van der Waals surface area contributed by atoms with Crippen molar-refractivity contribution in [2.45, 2.75) is 25.8 Å². The predicted octanol–water partition coefficient (Wildman–Crippen LogP) is 3.50. The van der Waals surface area contributed by atoms with Gasteiger partial charge in [0.15, 0.2) is 0 Å². The second-order valence-corrected chi connectivity index (χ2v) is 4.59. The third-order valence-electron chi connectivity index (χ3n) is 3.10. The number of nitrogens with one attached hydrogen (secondary N) is 1. The molecule has 2 aromatic rings. The van der Waals surface area contributed by atoms with Crippen LogP contribution in [0.2, 0.25) is 0 Å². The van der Waals surface area contributed by atoms with E-state index in [4.69, 9.17) is 0 Å². The van der Waals surface area contributed by atoms with Crippen molar-refractivity contribution in [3.05, 3.63) is 65.7 Å². The Morgan fingerprint density at radius 2 is 2.00 bits per heavy atom. The summed E-state index contributed by atoms with van der Waals surface area (Å²) in [4.78, 5) is 3.81. The number of nitrogens with zero attached hydrogens (tertiary/aromatic N) is 1. The number of rotatable bonds is 6. The van der Waals surface area contributed by atoms with Gasteiger partial charge in [0.25, 0.3) is 0 Å². The Morgan fingerprint density at radius 3 is 2.68 bits per heavy atom. The van der Waals surface area contributed by atoms with Gasteiger partial charge in [-0.1, -0.05) is 37.3 Å². The second kappa shape index (κ2) is 7.00. The average molecular weight is 258 g/mol. The lowest BCUT2D eigenvalue weighted by Gasteiger charge is -2.19. The molecule has 2 rings (SSSR count). The molecule has 1 heterocycles. The van der Waals surface area contributed by atoms with Gasteiger partial charge in [-0.05, 0) is 31.0 Å². The molecular weight excluding hydrogens is 239 g/mol. The molecule has 0 fully saturated rings. The van der Waals surface area contributed by atoms with Crippen LogP contribution in [0.15, 0.2) is 48.8 Å². The van der Waals surface area contributed by atoms with Gasteiger partial charge in [0.2, 0.25) is 0 Å². The molecule has 0 saturated heterocycles. The zero-order valence-electron chi connectivity index (χ0n) is 11.1. The van der Waals surface area contributed by atoms with Crippen molar-refractivity contribution < 1.29 is 4.39 Å². The molecule has 19 heavy (non-hydrogen) atoms. The van der Waals surface area contributed by atoms with Gasteiger partial charge in [-0.3, -0.25) is 4.98 Å². The van der Waals surface area contributed by atoms with Crippen LogP contribution in [0.3, 0.4) is 0 Å². The van der Waals surface area contributed by atoms with Crippen molar-refractivity contribution in [3.63, 3.8) is 0 Å². The Morgan fingerprint density at radius 1 is 1.21 bits per heavy atom. The Hall–Kier alpha value is -1.74. The second-order valence-electron chi connectivity index (χ2n) is 4.59. The molecule has 1 atom stereocenters. The first-order chi connectivity index (χ1) is 9.31. The molecule has 0 bridgehead atoms. The van der Waals surface area contributed by atoms with Gasteiger partial charge in [0.05, 0.1) is 6.20 Å². The van der Waals surface area contributed by atoms with Crippen molar-refractivity contribution in [2.24, 2.45) is 0 Å². The van der Waals surface area contributed by atoms with Gasteiger partial charge in [0, 0.05) is 17.8 Å². The average Bonchev–Trinajstić information content (AvgIpc) is 2.45. The third kappa shape index (κ3) is 3.86. The Balaban J connectivity index is 2.19. The molecule has 0 radical (unpaired) electrons. The first-order valence-electron chi connectivity index (χ1n) is 6.68. The first-order valence-corrected chi connectivity index (χ1v) is 6.68. The van der Waals surface area contributed by atoms with E-state index < -0.39 is 0 Å². The molecule has 1 aromatic heterocycles. The van der Waals surface area contributed by atoms with Crippen LogP contribution < -0.4 is 5.32 Å². The van der Waals surface area contributed by atoms with Crippen LogP contribution in [0.25, 0.3) is 0 Å². The van der Waals surface area contributed by atoms with Crippen molar-refractivity contribution >= 4 is 0 Å². The number of benzene rings is 1. The monoisotopic (exact) mass is 258 g/mol. The maximum absolute atomic E-state index is 13.9. The predicted molar refractivity (Wildman–Crippen MR) is 75.4 cm³/mol.